The van der Waals surface area contributed by atoms with Crippen molar-refractivity contribution in [1.29, 1.82) is 0 Å². The lowest BCUT2D eigenvalue weighted by molar-refractivity contribution is -0.151. The average Bonchev–Trinajstić information content (AvgIpc) is 2.50. The quantitative estimate of drug-likeness (QED) is 0.606. The molecule has 0 amide bonds. The van der Waals surface area contributed by atoms with Crippen molar-refractivity contribution in [2.75, 3.05) is 13.2 Å². The van der Waals surface area contributed by atoms with Gasteiger partial charge in [0.15, 0.2) is 0 Å². The molecule has 1 atom stereocenters. The molecule has 1 rings (SSSR count). The van der Waals surface area contributed by atoms with Crippen molar-refractivity contribution in [1.82, 2.24) is 0 Å². The SMILES string of the molecule is CCCC(C)COC(=O)CCC(=O)OCC1CCCCC1. The highest BCUT2D eigenvalue weighted by molar-refractivity contribution is 5.77. The van der Waals surface area contributed by atoms with Crippen LogP contribution in [-0.4, -0.2) is 25.2 Å². The van der Waals surface area contributed by atoms with E-state index in [1.165, 1.54) is 19.3 Å². The molecule has 1 saturated carbocycles. The fourth-order valence-electron chi connectivity index (χ4n) is 2.72. The Kier molecular flexibility index (Phi) is 9.11. The van der Waals surface area contributed by atoms with Crippen LogP contribution in [0.3, 0.4) is 0 Å². The molecule has 0 saturated heterocycles. The molecule has 0 bridgehead atoms. The summed E-state index contributed by atoms with van der Waals surface area (Å²) < 4.78 is 10.4. The van der Waals surface area contributed by atoms with Gasteiger partial charge in [0.2, 0.25) is 0 Å². The van der Waals surface area contributed by atoms with Gasteiger partial charge in [-0.2, -0.15) is 0 Å². The molecule has 0 heterocycles. The van der Waals surface area contributed by atoms with Gasteiger partial charge in [-0.15, -0.1) is 0 Å². The lowest BCUT2D eigenvalue weighted by Crippen LogP contribution is -2.18. The number of hydrogen-bond acceptors (Lipinski definition) is 4. The van der Waals surface area contributed by atoms with Gasteiger partial charge in [0.05, 0.1) is 26.1 Å². The van der Waals surface area contributed by atoms with Crippen molar-refractivity contribution in [3.05, 3.63) is 0 Å². The van der Waals surface area contributed by atoms with Crippen LogP contribution >= 0.6 is 0 Å². The fraction of sp³-hybridized carbons (Fsp3) is 0.882. The molecule has 122 valence electrons. The second-order valence-corrected chi connectivity index (χ2v) is 6.26. The summed E-state index contributed by atoms with van der Waals surface area (Å²) in [6.45, 7) is 5.14. The summed E-state index contributed by atoms with van der Waals surface area (Å²) in [6.07, 6.45) is 8.50. The fourth-order valence-corrected chi connectivity index (χ4v) is 2.72. The number of rotatable bonds is 9. The van der Waals surface area contributed by atoms with Crippen LogP contribution in [0.2, 0.25) is 0 Å². The van der Waals surface area contributed by atoms with Crippen LogP contribution < -0.4 is 0 Å². The molecule has 0 radical (unpaired) electrons. The molecule has 21 heavy (non-hydrogen) atoms. The summed E-state index contributed by atoms with van der Waals surface area (Å²) in [4.78, 5) is 23.1. The molecule has 4 heteroatoms. The third kappa shape index (κ3) is 8.74. The van der Waals surface area contributed by atoms with Gasteiger partial charge in [-0.05, 0) is 31.1 Å². The first-order valence-electron chi connectivity index (χ1n) is 8.43. The number of esters is 2. The summed E-state index contributed by atoms with van der Waals surface area (Å²) in [5.74, 6) is 0.327. The minimum Gasteiger partial charge on any atom is -0.465 e. The third-order valence-electron chi connectivity index (χ3n) is 4.05. The maximum atomic E-state index is 11.6. The Morgan fingerprint density at radius 2 is 1.67 bits per heavy atom. The maximum absolute atomic E-state index is 11.6. The minimum atomic E-state index is -0.299. The summed E-state index contributed by atoms with van der Waals surface area (Å²) in [5, 5.41) is 0. The van der Waals surface area contributed by atoms with Gasteiger partial charge in [-0.1, -0.05) is 39.5 Å². The molecular weight excluding hydrogens is 268 g/mol. The average molecular weight is 298 g/mol. The Morgan fingerprint density at radius 3 is 2.29 bits per heavy atom. The van der Waals surface area contributed by atoms with E-state index in [0.717, 1.165) is 25.7 Å². The second-order valence-electron chi connectivity index (χ2n) is 6.26. The van der Waals surface area contributed by atoms with Gasteiger partial charge in [0, 0.05) is 0 Å². The zero-order valence-electron chi connectivity index (χ0n) is 13.6. The topological polar surface area (TPSA) is 52.6 Å². The highest BCUT2D eigenvalue weighted by atomic mass is 16.5. The van der Waals surface area contributed by atoms with E-state index in [9.17, 15) is 9.59 Å². The Morgan fingerprint density at radius 1 is 1.05 bits per heavy atom. The van der Waals surface area contributed by atoms with Crippen molar-refractivity contribution in [2.45, 2.75) is 71.6 Å². The van der Waals surface area contributed by atoms with Gasteiger partial charge in [0.25, 0.3) is 0 Å². The molecule has 0 spiro atoms. The van der Waals surface area contributed by atoms with Gasteiger partial charge in [-0.3, -0.25) is 9.59 Å². The maximum Gasteiger partial charge on any atom is 0.306 e. The van der Waals surface area contributed by atoms with Gasteiger partial charge >= 0.3 is 11.9 Å². The molecule has 1 unspecified atom stereocenters. The second kappa shape index (κ2) is 10.6. The highest BCUT2D eigenvalue weighted by Gasteiger charge is 2.16. The van der Waals surface area contributed by atoms with E-state index in [2.05, 4.69) is 13.8 Å². The molecule has 0 N–H and O–H groups in total. The van der Waals surface area contributed by atoms with E-state index in [1.54, 1.807) is 0 Å². The molecule has 0 aliphatic heterocycles. The molecule has 0 aromatic rings. The van der Waals surface area contributed by atoms with Crippen molar-refractivity contribution < 1.29 is 19.1 Å². The standard InChI is InChI=1S/C17H30O4/c1-3-7-14(2)12-20-16(18)10-11-17(19)21-13-15-8-5-4-6-9-15/h14-15H,3-13H2,1-2H3. The van der Waals surface area contributed by atoms with Crippen LogP contribution in [0.1, 0.15) is 71.6 Å². The lowest BCUT2D eigenvalue weighted by Gasteiger charge is -2.20. The van der Waals surface area contributed by atoms with Crippen LogP contribution in [0.25, 0.3) is 0 Å². The van der Waals surface area contributed by atoms with Crippen molar-refractivity contribution >= 4 is 11.9 Å². The first-order chi connectivity index (χ1) is 10.1. The number of carbonyl (C=O) groups excluding carboxylic acids is 2. The Labute approximate surface area is 128 Å². The largest absolute Gasteiger partial charge is 0.465 e. The number of ether oxygens (including phenoxy) is 2. The summed E-state index contributed by atoms with van der Waals surface area (Å²) in [6, 6.07) is 0. The normalized spacial score (nSPS) is 17.2. The minimum absolute atomic E-state index is 0.127. The summed E-state index contributed by atoms with van der Waals surface area (Å²) in [5.41, 5.74) is 0. The Hall–Kier alpha value is -1.06. The first-order valence-corrected chi connectivity index (χ1v) is 8.43. The Balaban J connectivity index is 2.04. The van der Waals surface area contributed by atoms with E-state index >= 15 is 0 Å². The Bertz CT molecular complexity index is 308. The van der Waals surface area contributed by atoms with Gasteiger partial charge in [-0.25, -0.2) is 0 Å². The molecule has 1 fully saturated rings. The highest BCUT2D eigenvalue weighted by Crippen LogP contribution is 2.23. The zero-order chi connectivity index (χ0) is 15.5. The van der Waals surface area contributed by atoms with Crippen molar-refractivity contribution in [3.8, 4) is 0 Å². The van der Waals surface area contributed by atoms with E-state index in [1.807, 2.05) is 0 Å². The van der Waals surface area contributed by atoms with Gasteiger partial charge in [0.1, 0.15) is 0 Å². The number of hydrogen-bond donors (Lipinski definition) is 0. The predicted octanol–water partition coefficient (Wildman–Crippen LogP) is 3.87. The number of carbonyl (C=O) groups is 2. The lowest BCUT2D eigenvalue weighted by atomic mass is 9.90. The molecule has 0 aromatic heterocycles. The van der Waals surface area contributed by atoms with Crippen molar-refractivity contribution in [3.63, 3.8) is 0 Å². The van der Waals surface area contributed by atoms with E-state index in [0.29, 0.717) is 25.0 Å². The van der Waals surface area contributed by atoms with E-state index < -0.39 is 0 Å². The molecule has 0 aromatic carbocycles. The van der Waals surface area contributed by atoms with E-state index in [-0.39, 0.29) is 24.8 Å². The smallest absolute Gasteiger partial charge is 0.306 e. The zero-order valence-corrected chi connectivity index (χ0v) is 13.6. The summed E-state index contributed by atoms with van der Waals surface area (Å²) in [7, 11) is 0. The predicted molar refractivity (Wildman–Crippen MR) is 81.8 cm³/mol. The monoisotopic (exact) mass is 298 g/mol. The van der Waals surface area contributed by atoms with Crippen LogP contribution in [0.4, 0.5) is 0 Å². The molecule has 1 aliphatic rings. The van der Waals surface area contributed by atoms with Crippen LogP contribution in [0.15, 0.2) is 0 Å². The third-order valence-corrected chi connectivity index (χ3v) is 4.05. The van der Waals surface area contributed by atoms with Crippen molar-refractivity contribution in [2.24, 2.45) is 11.8 Å². The van der Waals surface area contributed by atoms with E-state index in [4.69, 9.17) is 9.47 Å². The molecule has 4 nitrogen and oxygen atoms in total. The van der Waals surface area contributed by atoms with Crippen LogP contribution in [0, 0.1) is 11.8 Å². The van der Waals surface area contributed by atoms with Gasteiger partial charge < -0.3 is 9.47 Å². The molecular formula is C17H30O4. The first kappa shape index (κ1) is 18.0. The van der Waals surface area contributed by atoms with Crippen LogP contribution in [-0.2, 0) is 19.1 Å². The van der Waals surface area contributed by atoms with Crippen LogP contribution in [0.5, 0.6) is 0 Å². The summed E-state index contributed by atoms with van der Waals surface area (Å²) >= 11 is 0. The molecule has 1 aliphatic carbocycles.